The molecule has 9 aromatic rings. The molecule has 0 unspecified atom stereocenters. The Bertz CT molecular complexity index is 2780. The van der Waals surface area contributed by atoms with Crippen LogP contribution in [0.15, 0.2) is 152 Å². The number of pyridine rings is 3. The number of nitrogens with zero attached hydrogens (tertiary/aromatic N) is 6. The average molecular weight is 779 g/mol. The molecule has 59 heavy (non-hydrogen) atoms. The van der Waals surface area contributed by atoms with Gasteiger partial charge in [0.15, 0.2) is 0 Å². The molecular formula is C53H58N6. The van der Waals surface area contributed by atoms with E-state index >= 15 is 0 Å². The predicted molar refractivity (Wildman–Crippen MR) is 247 cm³/mol. The minimum Gasteiger partial charge on any atom is -0.303 e. The van der Waals surface area contributed by atoms with Gasteiger partial charge in [-0.1, -0.05) is 165 Å². The lowest BCUT2D eigenvalue weighted by molar-refractivity contribution is 0.565. The third-order valence-electron chi connectivity index (χ3n) is 10.4. The van der Waals surface area contributed by atoms with Gasteiger partial charge in [-0.3, -0.25) is 0 Å². The first kappa shape index (κ1) is 40.9. The molecule has 0 spiro atoms. The fourth-order valence-electron chi connectivity index (χ4n) is 7.83. The smallest absolute Gasteiger partial charge is 0.137 e. The molecule has 0 saturated heterocycles. The Morgan fingerprint density at radius 2 is 0.746 bits per heavy atom. The molecule has 0 amide bonds. The number of fused-ring (bicyclic) bond motifs is 3. The van der Waals surface area contributed by atoms with Crippen LogP contribution in [0.4, 0.5) is 0 Å². The number of imidazole rings is 3. The van der Waals surface area contributed by atoms with Gasteiger partial charge >= 0.3 is 0 Å². The fraction of sp³-hybridized carbons (Fsp3) is 0.264. The molecule has 6 nitrogen and oxygen atoms in total. The maximum atomic E-state index is 4.87. The second-order valence-corrected chi connectivity index (χ2v) is 18.6. The van der Waals surface area contributed by atoms with E-state index in [4.69, 9.17) is 15.0 Å². The average Bonchev–Trinajstić information content (AvgIpc) is 3.91. The Morgan fingerprint density at radius 1 is 0.356 bits per heavy atom. The molecule has 0 aliphatic heterocycles. The van der Waals surface area contributed by atoms with Crippen molar-refractivity contribution in [2.45, 2.75) is 92.4 Å². The largest absolute Gasteiger partial charge is 0.303 e. The molecule has 0 bridgehead atoms. The van der Waals surface area contributed by atoms with Crippen molar-refractivity contribution in [1.82, 2.24) is 28.2 Å². The highest BCUT2D eigenvalue weighted by molar-refractivity contribution is 5.70. The number of benzene rings is 3. The van der Waals surface area contributed by atoms with Crippen molar-refractivity contribution in [3.63, 3.8) is 0 Å². The van der Waals surface area contributed by atoms with E-state index in [1.54, 1.807) is 0 Å². The van der Waals surface area contributed by atoms with Gasteiger partial charge in [0, 0.05) is 51.5 Å². The summed E-state index contributed by atoms with van der Waals surface area (Å²) in [5.41, 5.74) is 16.2. The zero-order chi connectivity index (χ0) is 42.1. The zero-order valence-electron chi connectivity index (χ0n) is 36.6. The normalized spacial score (nSPS) is 12.0. The molecule has 3 aromatic carbocycles. The fourth-order valence-corrected chi connectivity index (χ4v) is 7.83. The summed E-state index contributed by atoms with van der Waals surface area (Å²) < 4.78 is 6.65. The summed E-state index contributed by atoms with van der Waals surface area (Å²) in [6, 6.07) is 45.9. The van der Waals surface area contributed by atoms with E-state index in [9.17, 15) is 0 Å². The van der Waals surface area contributed by atoms with Gasteiger partial charge in [0.05, 0.1) is 34.2 Å². The minimum absolute atomic E-state index is 0.0401. The van der Waals surface area contributed by atoms with Crippen molar-refractivity contribution < 1.29 is 0 Å². The second-order valence-electron chi connectivity index (χ2n) is 18.6. The third kappa shape index (κ3) is 8.78. The van der Waals surface area contributed by atoms with E-state index in [1.807, 2.05) is 24.3 Å². The molecule has 0 saturated carbocycles. The van der Waals surface area contributed by atoms with Crippen molar-refractivity contribution in [1.29, 1.82) is 0 Å². The van der Waals surface area contributed by atoms with Crippen molar-refractivity contribution in [3.05, 3.63) is 180 Å². The third-order valence-corrected chi connectivity index (χ3v) is 10.4. The molecule has 0 atom stereocenters. The molecule has 9 rings (SSSR count). The summed E-state index contributed by atoms with van der Waals surface area (Å²) in [5, 5.41) is 0. The number of rotatable bonds is 3. The minimum atomic E-state index is 0.0401. The van der Waals surface area contributed by atoms with Gasteiger partial charge in [0.1, 0.15) is 16.9 Å². The van der Waals surface area contributed by atoms with Crippen LogP contribution in [0.1, 0.15) is 90.5 Å². The van der Waals surface area contributed by atoms with Crippen LogP contribution in [0.5, 0.6) is 0 Å². The van der Waals surface area contributed by atoms with Crippen LogP contribution in [0.25, 0.3) is 50.7 Å². The van der Waals surface area contributed by atoms with Gasteiger partial charge in [0.2, 0.25) is 0 Å². The van der Waals surface area contributed by atoms with Crippen LogP contribution in [-0.4, -0.2) is 28.2 Å². The molecule has 300 valence electrons. The maximum absolute atomic E-state index is 4.87. The quantitative estimate of drug-likeness (QED) is 0.179. The van der Waals surface area contributed by atoms with Crippen LogP contribution in [0.3, 0.4) is 0 Å². The number of aryl methyl sites for hydroxylation is 2. The molecule has 0 aliphatic carbocycles. The van der Waals surface area contributed by atoms with Gasteiger partial charge in [0.25, 0.3) is 0 Å². The SMILES string of the molecule is CC(C)(C)c1c(-c2ccccc2)nc2ccccn12.Cc1ccc2nc(-c3ccccc3)c(C(C)(C)C)n2c1.Cc1ccn2c(C(C)(C)C)c(-c3ccccc3)nc2c1. The lowest BCUT2D eigenvalue weighted by atomic mass is 9.89. The molecule has 0 aliphatic rings. The van der Waals surface area contributed by atoms with Gasteiger partial charge < -0.3 is 13.2 Å². The summed E-state index contributed by atoms with van der Waals surface area (Å²) in [6.07, 6.45) is 6.40. The molecule has 6 aromatic heterocycles. The van der Waals surface area contributed by atoms with E-state index in [-0.39, 0.29) is 16.2 Å². The summed E-state index contributed by atoms with van der Waals surface area (Å²) >= 11 is 0. The second kappa shape index (κ2) is 16.2. The lowest BCUT2D eigenvalue weighted by Gasteiger charge is -2.20. The van der Waals surface area contributed by atoms with Crippen molar-refractivity contribution >= 4 is 16.9 Å². The van der Waals surface area contributed by atoms with Gasteiger partial charge in [-0.25, -0.2) is 15.0 Å². The molecule has 0 N–H and O–H groups in total. The van der Waals surface area contributed by atoms with Crippen molar-refractivity contribution in [3.8, 4) is 33.8 Å². The Hall–Kier alpha value is -6.27. The molecule has 6 heterocycles. The van der Waals surface area contributed by atoms with Gasteiger partial charge in [-0.15, -0.1) is 0 Å². The van der Waals surface area contributed by atoms with Gasteiger partial charge in [-0.05, 0) is 55.3 Å². The van der Waals surface area contributed by atoms with Gasteiger partial charge in [-0.2, -0.15) is 0 Å². The van der Waals surface area contributed by atoms with Crippen molar-refractivity contribution in [2.75, 3.05) is 0 Å². The monoisotopic (exact) mass is 778 g/mol. The molecular weight excluding hydrogens is 721 g/mol. The number of hydrogen-bond donors (Lipinski definition) is 0. The highest BCUT2D eigenvalue weighted by Gasteiger charge is 2.27. The van der Waals surface area contributed by atoms with Crippen LogP contribution in [0, 0.1) is 13.8 Å². The topological polar surface area (TPSA) is 51.9 Å². The Balaban J connectivity index is 0.000000134. The van der Waals surface area contributed by atoms with Crippen LogP contribution < -0.4 is 0 Å². The zero-order valence-corrected chi connectivity index (χ0v) is 36.6. The summed E-state index contributed by atoms with van der Waals surface area (Å²) in [4.78, 5) is 14.5. The van der Waals surface area contributed by atoms with E-state index in [2.05, 4.69) is 217 Å². The first-order valence-corrected chi connectivity index (χ1v) is 20.6. The predicted octanol–water partition coefficient (Wildman–Crippen LogP) is 13.5. The Kier molecular flexibility index (Phi) is 11.2. The van der Waals surface area contributed by atoms with E-state index < -0.39 is 0 Å². The maximum Gasteiger partial charge on any atom is 0.137 e. The van der Waals surface area contributed by atoms with E-state index in [1.165, 1.54) is 44.9 Å². The Labute approximate surface area is 350 Å². The van der Waals surface area contributed by atoms with Crippen LogP contribution in [0.2, 0.25) is 0 Å². The summed E-state index contributed by atoms with van der Waals surface area (Å²) in [6.45, 7) is 24.4. The summed E-state index contributed by atoms with van der Waals surface area (Å²) in [5.74, 6) is 0. The highest BCUT2D eigenvalue weighted by atomic mass is 15.0. The number of aromatic nitrogens is 6. The highest BCUT2D eigenvalue weighted by Crippen LogP contribution is 2.36. The van der Waals surface area contributed by atoms with E-state index in [0.717, 1.165) is 34.0 Å². The summed E-state index contributed by atoms with van der Waals surface area (Å²) in [7, 11) is 0. The molecule has 0 radical (unpaired) electrons. The molecule has 0 fully saturated rings. The lowest BCUT2D eigenvalue weighted by Crippen LogP contribution is -2.15. The van der Waals surface area contributed by atoms with Crippen LogP contribution >= 0.6 is 0 Å². The first-order valence-electron chi connectivity index (χ1n) is 20.6. The standard InChI is InChI=1S/2C18H20N2.C17H18N2/c1-13-10-11-20-15(12-13)19-16(17(20)18(2,3)4)14-8-6-5-7-9-14;1-13-10-11-15-19-16(14-8-6-5-7-9-14)17(18(2,3)4)20(15)12-13;1-17(2,3)16-15(13-9-5-4-6-10-13)18-14-11-7-8-12-19(14)16/h2*5-12H,1-4H3;4-12H,1-3H3. The molecule has 6 heteroatoms. The van der Waals surface area contributed by atoms with Crippen LogP contribution in [-0.2, 0) is 16.2 Å². The van der Waals surface area contributed by atoms with E-state index in [0.29, 0.717) is 0 Å². The Morgan fingerprint density at radius 3 is 1.20 bits per heavy atom. The first-order chi connectivity index (χ1) is 28.0. The number of hydrogen-bond acceptors (Lipinski definition) is 3. The van der Waals surface area contributed by atoms with Crippen molar-refractivity contribution in [2.24, 2.45) is 0 Å².